The van der Waals surface area contributed by atoms with Gasteiger partial charge in [-0.2, -0.15) is 0 Å². The van der Waals surface area contributed by atoms with Crippen LogP contribution < -0.4 is 9.47 Å². The van der Waals surface area contributed by atoms with Crippen LogP contribution in [0, 0.1) is 5.92 Å². The Morgan fingerprint density at radius 3 is 2.46 bits per heavy atom. The Bertz CT molecular complexity index is 747. The molecule has 0 bridgehead atoms. The van der Waals surface area contributed by atoms with Gasteiger partial charge in [-0.05, 0) is 80.4 Å². The predicted molar refractivity (Wildman–Crippen MR) is 113 cm³/mol. The van der Waals surface area contributed by atoms with E-state index in [1.54, 1.807) is 14.2 Å². The van der Waals surface area contributed by atoms with Gasteiger partial charge in [0, 0.05) is 6.54 Å². The first-order valence-electron chi connectivity index (χ1n) is 10.3. The summed E-state index contributed by atoms with van der Waals surface area (Å²) >= 11 is 0. The van der Waals surface area contributed by atoms with E-state index >= 15 is 0 Å². The highest BCUT2D eigenvalue weighted by molar-refractivity contribution is 5.49. The molecule has 1 N–H and O–H groups in total. The molecule has 2 aromatic rings. The van der Waals surface area contributed by atoms with Crippen molar-refractivity contribution in [2.24, 2.45) is 5.92 Å². The smallest absolute Gasteiger partial charge is 0.161 e. The predicted octanol–water partition coefficient (Wildman–Crippen LogP) is 4.25. The first kappa shape index (κ1) is 20.7. The van der Waals surface area contributed by atoms with Gasteiger partial charge in [0.05, 0.1) is 20.3 Å². The Morgan fingerprint density at radius 1 is 1.04 bits per heavy atom. The number of aliphatic hydroxyl groups is 1. The van der Waals surface area contributed by atoms with Gasteiger partial charge in [-0.15, -0.1) is 0 Å². The van der Waals surface area contributed by atoms with E-state index in [1.165, 1.54) is 11.1 Å². The van der Waals surface area contributed by atoms with E-state index in [0.717, 1.165) is 56.5 Å². The van der Waals surface area contributed by atoms with Crippen LogP contribution in [0.5, 0.6) is 11.5 Å². The highest BCUT2D eigenvalue weighted by Gasteiger charge is 2.29. The van der Waals surface area contributed by atoms with Crippen LogP contribution in [0.1, 0.15) is 42.1 Å². The molecule has 2 unspecified atom stereocenters. The summed E-state index contributed by atoms with van der Waals surface area (Å²) < 4.78 is 10.8. The fraction of sp³-hybridized carbons (Fsp3) is 0.500. The molecule has 0 aromatic heterocycles. The van der Waals surface area contributed by atoms with Crippen molar-refractivity contribution >= 4 is 0 Å². The average molecular weight is 384 g/mol. The summed E-state index contributed by atoms with van der Waals surface area (Å²) in [6.07, 6.45) is 4.83. The molecule has 0 saturated carbocycles. The Hall–Kier alpha value is -2.04. The molecule has 152 valence electrons. The SMILES string of the molecule is COc1cc2c(cc1OC)C(O)C(CCCN(C)CCc1ccccc1)CC2. The molecule has 2 atom stereocenters. The maximum absolute atomic E-state index is 10.9. The average Bonchev–Trinajstić information content (AvgIpc) is 2.73. The molecule has 0 spiro atoms. The summed E-state index contributed by atoms with van der Waals surface area (Å²) in [5.74, 6) is 1.75. The molecule has 0 saturated heterocycles. The lowest BCUT2D eigenvalue weighted by Crippen LogP contribution is -2.25. The topological polar surface area (TPSA) is 41.9 Å². The number of ether oxygens (including phenoxy) is 2. The third kappa shape index (κ3) is 5.06. The van der Waals surface area contributed by atoms with Crippen LogP contribution in [-0.2, 0) is 12.8 Å². The van der Waals surface area contributed by atoms with Crippen molar-refractivity contribution in [1.82, 2.24) is 4.90 Å². The molecule has 0 heterocycles. The van der Waals surface area contributed by atoms with Gasteiger partial charge >= 0.3 is 0 Å². The second kappa shape index (κ2) is 9.94. The zero-order valence-corrected chi connectivity index (χ0v) is 17.4. The Morgan fingerprint density at radius 2 is 1.75 bits per heavy atom. The summed E-state index contributed by atoms with van der Waals surface area (Å²) in [6.45, 7) is 2.13. The number of likely N-dealkylation sites (N-methyl/N-ethyl adjacent to an activating group) is 1. The fourth-order valence-corrected chi connectivity index (χ4v) is 4.18. The number of nitrogens with zero attached hydrogens (tertiary/aromatic N) is 1. The number of hydrogen-bond donors (Lipinski definition) is 1. The van der Waals surface area contributed by atoms with Crippen molar-refractivity contribution in [2.75, 3.05) is 34.4 Å². The van der Waals surface area contributed by atoms with Gasteiger partial charge in [-0.25, -0.2) is 0 Å². The van der Waals surface area contributed by atoms with Crippen LogP contribution in [0.4, 0.5) is 0 Å². The van der Waals surface area contributed by atoms with Crippen molar-refractivity contribution < 1.29 is 14.6 Å². The van der Waals surface area contributed by atoms with Crippen molar-refractivity contribution in [3.8, 4) is 11.5 Å². The van der Waals surface area contributed by atoms with E-state index in [0.29, 0.717) is 11.7 Å². The standard InChI is InChI=1S/C24H33NO3/c1-25(15-13-18-8-5-4-6-9-18)14-7-10-19-11-12-20-16-22(27-2)23(28-3)17-21(20)24(19)26/h4-6,8-9,16-17,19,24,26H,7,10-15H2,1-3H3. The summed E-state index contributed by atoms with van der Waals surface area (Å²) in [5, 5.41) is 10.9. The van der Waals surface area contributed by atoms with Crippen molar-refractivity contribution in [3.63, 3.8) is 0 Å². The minimum Gasteiger partial charge on any atom is -0.493 e. The number of benzene rings is 2. The molecule has 3 rings (SSSR count). The van der Waals surface area contributed by atoms with Gasteiger partial charge in [0.1, 0.15) is 0 Å². The summed E-state index contributed by atoms with van der Waals surface area (Å²) in [7, 11) is 5.48. The van der Waals surface area contributed by atoms with Crippen molar-refractivity contribution in [2.45, 2.75) is 38.2 Å². The monoisotopic (exact) mass is 383 g/mol. The van der Waals surface area contributed by atoms with E-state index < -0.39 is 6.10 Å². The first-order chi connectivity index (χ1) is 13.6. The highest BCUT2D eigenvalue weighted by atomic mass is 16.5. The van der Waals surface area contributed by atoms with Crippen LogP contribution in [0.2, 0.25) is 0 Å². The maximum atomic E-state index is 10.9. The fourth-order valence-electron chi connectivity index (χ4n) is 4.18. The lowest BCUT2D eigenvalue weighted by molar-refractivity contribution is 0.0851. The van der Waals surface area contributed by atoms with Gasteiger partial charge in [0.15, 0.2) is 11.5 Å². The zero-order valence-electron chi connectivity index (χ0n) is 17.4. The quantitative estimate of drug-likeness (QED) is 0.703. The Balaban J connectivity index is 1.49. The molecule has 28 heavy (non-hydrogen) atoms. The Kier molecular flexibility index (Phi) is 7.35. The number of aliphatic hydroxyl groups excluding tert-OH is 1. The van der Waals surface area contributed by atoms with E-state index in [-0.39, 0.29) is 0 Å². The number of rotatable bonds is 9. The van der Waals surface area contributed by atoms with Crippen molar-refractivity contribution in [3.05, 3.63) is 59.2 Å². The van der Waals surface area contributed by atoms with Gasteiger partial charge in [0.2, 0.25) is 0 Å². The zero-order chi connectivity index (χ0) is 19.9. The van der Waals surface area contributed by atoms with E-state index in [1.807, 2.05) is 12.1 Å². The molecule has 0 radical (unpaired) electrons. The molecule has 0 aliphatic heterocycles. The normalized spacial score (nSPS) is 18.8. The molecule has 0 fully saturated rings. The summed E-state index contributed by atoms with van der Waals surface area (Å²) in [4.78, 5) is 2.39. The molecular weight excluding hydrogens is 350 g/mol. The molecule has 2 aromatic carbocycles. The van der Waals surface area contributed by atoms with Crippen LogP contribution in [-0.4, -0.2) is 44.4 Å². The number of hydrogen-bond acceptors (Lipinski definition) is 4. The summed E-state index contributed by atoms with van der Waals surface area (Å²) in [6, 6.07) is 14.6. The van der Waals surface area contributed by atoms with Crippen LogP contribution >= 0.6 is 0 Å². The van der Waals surface area contributed by atoms with Gasteiger partial charge in [0.25, 0.3) is 0 Å². The second-order valence-electron chi connectivity index (χ2n) is 7.83. The van der Waals surface area contributed by atoms with Gasteiger partial charge in [-0.1, -0.05) is 30.3 Å². The minimum absolute atomic E-state index is 0.313. The molecule has 4 nitrogen and oxygen atoms in total. The van der Waals surface area contributed by atoms with E-state index in [9.17, 15) is 5.11 Å². The molecule has 0 amide bonds. The molecular formula is C24H33NO3. The minimum atomic E-state index is -0.418. The van der Waals surface area contributed by atoms with Gasteiger partial charge in [-0.3, -0.25) is 0 Å². The van der Waals surface area contributed by atoms with E-state index in [4.69, 9.17) is 9.47 Å². The maximum Gasteiger partial charge on any atom is 0.161 e. The molecule has 1 aliphatic rings. The van der Waals surface area contributed by atoms with E-state index in [2.05, 4.69) is 42.3 Å². The number of fused-ring (bicyclic) bond motifs is 1. The Labute approximate surface area is 169 Å². The number of aryl methyl sites for hydroxylation is 1. The largest absolute Gasteiger partial charge is 0.493 e. The third-order valence-corrected chi connectivity index (χ3v) is 5.93. The van der Waals surface area contributed by atoms with Crippen LogP contribution in [0.25, 0.3) is 0 Å². The highest BCUT2D eigenvalue weighted by Crippen LogP contribution is 2.41. The molecule has 4 heteroatoms. The molecule has 1 aliphatic carbocycles. The van der Waals surface area contributed by atoms with Crippen LogP contribution in [0.3, 0.4) is 0 Å². The second-order valence-corrected chi connectivity index (χ2v) is 7.83. The lowest BCUT2D eigenvalue weighted by Gasteiger charge is -2.31. The first-order valence-corrected chi connectivity index (χ1v) is 10.3. The lowest BCUT2D eigenvalue weighted by atomic mass is 9.79. The number of methoxy groups -OCH3 is 2. The van der Waals surface area contributed by atoms with Crippen LogP contribution in [0.15, 0.2) is 42.5 Å². The van der Waals surface area contributed by atoms with Gasteiger partial charge < -0.3 is 19.5 Å². The van der Waals surface area contributed by atoms with Crippen molar-refractivity contribution in [1.29, 1.82) is 0 Å². The summed E-state index contributed by atoms with van der Waals surface area (Å²) in [5.41, 5.74) is 3.57. The third-order valence-electron chi connectivity index (χ3n) is 5.93.